The number of esters is 1. The zero-order chi connectivity index (χ0) is 26.4. The van der Waals surface area contributed by atoms with Crippen molar-refractivity contribution < 1.29 is 19.1 Å². The van der Waals surface area contributed by atoms with Crippen LogP contribution in [0.1, 0.15) is 52.6 Å². The van der Waals surface area contributed by atoms with Crippen molar-refractivity contribution in [3.63, 3.8) is 0 Å². The lowest BCUT2D eigenvalue weighted by molar-refractivity contribution is -0.139. The van der Waals surface area contributed by atoms with Crippen LogP contribution in [0.25, 0.3) is 11.3 Å². The number of carbonyl (C=O) groups excluding carboxylic acids is 3. The average Bonchev–Trinajstić information content (AvgIpc) is 3.28. The Morgan fingerprint density at radius 1 is 1.16 bits per heavy atom. The average molecular weight is 522 g/mol. The lowest BCUT2D eigenvalue weighted by Crippen LogP contribution is -2.29. The molecule has 0 saturated heterocycles. The van der Waals surface area contributed by atoms with Crippen LogP contribution >= 0.6 is 11.6 Å². The number of nitrogens with zero attached hydrogens (tertiary/aromatic N) is 1. The lowest BCUT2D eigenvalue weighted by Gasteiger charge is -2.15. The summed E-state index contributed by atoms with van der Waals surface area (Å²) in [4.78, 5) is 45.2. The number of anilines is 1. The van der Waals surface area contributed by atoms with Crippen LogP contribution in [0.3, 0.4) is 0 Å². The van der Waals surface area contributed by atoms with Gasteiger partial charge < -0.3 is 26.1 Å². The van der Waals surface area contributed by atoms with Crippen LogP contribution in [0.15, 0.2) is 54.6 Å². The van der Waals surface area contributed by atoms with Gasteiger partial charge in [-0.25, -0.2) is 4.98 Å². The van der Waals surface area contributed by atoms with Gasteiger partial charge >= 0.3 is 5.97 Å². The molecule has 2 heterocycles. The summed E-state index contributed by atoms with van der Waals surface area (Å²) in [6, 6.07) is 11.8. The van der Waals surface area contributed by atoms with Gasteiger partial charge in [0.05, 0.1) is 25.3 Å². The Hall–Kier alpha value is -3.95. The summed E-state index contributed by atoms with van der Waals surface area (Å²) in [6.45, 7) is 0.395. The van der Waals surface area contributed by atoms with E-state index < -0.39 is 12.0 Å². The second-order valence-corrected chi connectivity index (χ2v) is 9.02. The molecule has 2 aromatic carbocycles. The standard InChI is InChI=1S/C27H28ClN5O4/c1-37-23(35)14-17-9-12-19-21(13-17)30-22(34)6-4-2-3-5-20(26-32-24(19)25(28)33-26)31-27(36)18-10-7-16(15-29)8-11-18/h2-3,7-13,20H,4-6,14-15,29H2,1H3,(H,30,34)(H,31,36)(H,32,33)/b3-2+/t20-/m0/s1. The van der Waals surface area contributed by atoms with Crippen LogP contribution in [-0.4, -0.2) is 34.9 Å². The molecular weight excluding hydrogens is 494 g/mol. The number of halogens is 1. The molecule has 1 aliphatic rings. The zero-order valence-electron chi connectivity index (χ0n) is 20.3. The van der Waals surface area contributed by atoms with Gasteiger partial charge in [0.25, 0.3) is 5.91 Å². The van der Waals surface area contributed by atoms with Gasteiger partial charge in [0.1, 0.15) is 16.7 Å². The highest BCUT2D eigenvalue weighted by molar-refractivity contribution is 6.32. The first-order valence-electron chi connectivity index (χ1n) is 11.9. The minimum atomic E-state index is -0.490. The Kier molecular flexibility index (Phi) is 8.37. The largest absolute Gasteiger partial charge is 0.469 e. The molecule has 1 aromatic heterocycles. The maximum absolute atomic E-state index is 13.0. The van der Waals surface area contributed by atoms with Gasteiger partial charge in [-0.05, 0) is 42.2 Å². The van der Waals surface area contributed by atoms with E-state index in [1.54, 1.807) is 30.3 Å². The molecule has 1 atom stereocenters. The number of aromatic amines is 1. The van der Waals surface area contributed by atoms with Gasteiger partial charge in [-0.2, -0.15) is 0 Å². The number of methoxy groups -OCH3 is 1. The highest BCUT2D eigenvalue weighted by atomic mass is 35.5. The molecule has 9 nitrogen and oxygen atoms in total. The Balaban J connectivity index is 1.69. The minimum Gasteiger partial charge on any atom is -0.469 e. The number of hydrogen-bond donors (Lipinski definition) is 4. The smallest absolute Gasteiger partial charge is 0.309 e. The Morgan fingerprint density at radius 2 is 1.92 bits per heavy atom. The third-order valence-corrected chi connectivity index (χ3v) is 6.30. The van der Waals surface area contributed by atoms with Crippen LogP contribution in [-0.2, 0) is 27.3 Å². The number of aromatic nitrogens is 2. The number of fused-ring (bicyclic) bond motifs is 4. The monoisotopic (exact) mass is 521 g/mol. The highest BCUT2D eigenvalue weighted by Crippen LogP contribution is 2.35. The third kappa shape index (κ3) is 6.44. The molecule has 0 spiro atoms. The number of carbonyl (C=O) groups is 3. The number of H-pyrrole nitrogens is 1. The molecule has 0 unspecified atom stereocenters. The summed E-state index contributed by atoms with van der Waals surface area (Å²) in [6.07, 6.45) is 5.09. The van der Waals surface area contributed by atoms with E-state index >= 15 is 0 Å². The number of hydrogen-bond acceptors (Lipinski definition) is 6. The summed E-state index contributed by atoms with van der Waals surface area (Å²) in [7, 11) is 1.32. The molecule has 0 radical (unpaired) electrons. The predicted molar refractivity (Wildman–Crippen MR) is 141 cm³/mol. The molecule has 1 aliphatic heterocycles. The fraction of sp³-hybridized carbons (Fsp3) is 0.259. The van der Waals surface area contributed by atoms with Crippen molar-refractivity contribution in [1.29, 1.82) is 0 Å². The van der Waals surface area contributed by atoms with E-state index in [2.05, 4.69) is 15.6 Å². The van der Waals surface area contributed by atoms with Crippen LogP contribution in [0.2, 0.25) is 5.15 Å². The second-order valence-electron chi connectivity index (χ2n) is 8.64. The summed E-state index contributed by atoms with van der Waals surface area (Å²) in [5.41, 5.74) is 9.25. The third-order valence-electron chi connectivity index (χ3n) is 6.03. The number of imidazole rings is 1. The highest BCUT2D eigenvalue weighted by Gasteiger charge is 2.23. The van der Waals surface area contributed by atoms with E-state index in [9.17, 15) is 14.4 Å². The van der Waals surface area contributed by atoms with E-state index in [0.29, 0.717) is 53.3 Å². The van der Waals surface area contributed by atoms with Crippen LogP contribution in [0, 0.1) is 0 Å². The topological polar surface area (TPSA) is 139 Å². The van der Waals surface area contributed by atoms with Gasteiger partial charge in [0.2, 0.25) is 5.91 Å². The van der Waals surface area contributed by atoms with Crippen molar-refractivity contribution in [3.8, 4) is 11.3 Å². The van der Waals surface area contributed by atoms with Crippen molar-refractivity contribution in [2.24, 2.45) is 5.73 Å². The number of amides is 2. The van der Waals surface area contributed by atoms with E-state index in [0.717, 1.165) is 5.56 Å². The maximum atomic E-state index is 13.0. The molecule has 0 aliphatic carbocycles. The van der Waals surface area contributed by atoms with Crippen molar-refractivity contribution in [3.05, 3.63) is 82.3 Å². The molecule has 2 bridgehead atoms. The van der Waals surface area contributed by atoms with Gasteiger partial charge in [-0.3, -0.25) is 14.4 Å². The fourth-order valence-corrected chi connectivity index (χ4v) is 4.25. The van der Waals surface area contributed by atoms with E-state index in [1.165, 1.54) is 7.11 Å². The zero-order valence-corrected chi connectivity index (χ0v) is 21.1. The molecule has 0 fully saturated rings. The minimum absolute atomic E-state index is 0.0578. The van der Waals surface area contributed by atoms with Gasteiger partial charge in [0, 0.05) is 24.1 Å². The quantitative estimate of drug-likeness (QED) is 0.295. The van der Waals surface area contributed by atoms with Gasteiger partial charge in [-0.1, -0.05) is 48.0 Å². The van der Waals surface area contributed by atoms with Crippen LogP contribution in [0.5, 0.6) is 0 Å². The Bertz CT molecular complexity index is 1330. The number of nitrogens with one attached hydrogen (secondary N) is 3. The SMILES string of the molecule is COC(=O)Cc1ccc2c(c1)NC(=O)CC/C=C/C[C@H](NC(=O)c1ccc(CN)cc1)c1nc-2c(Cl)[nH]1. The van der Waals surface area contributed by atoms with Crippen molar-refractivity contribution in [2.45, 2.75) is 38.3 Å². The van der Waals surface area contributed by atoms with E-state index in [-0.39, 0.29) is 29.8 Å². The second kappa shape index (κ2) is 11.9. The van der Waals surface area contributed by atoms with E-state index in [4.69, 9.17) is 27.1 Å². The predicted octanol–water partition coefficient (Wildman–Crippen LogP) is 4.05. The first kappa shape index (κ1) is 26.1. The molecule has 37 heavy (non-hydrogen) atoms. The lowest BCUT2D eigenvalue weighted by atomic mass is 10.0. The normalized spacial score (nSPS) is 16.3. The van der Waals surface area contributed by atoms with Crippen LogP contribution < -0.4 is 16.4 Å². The Morgan fingerprint density at radius 3 is 2.65 bits per heavy atom. The van der Waals surface area contributed by atoms with Crippen LogP contribution in [0.4, 0.5) is 5.69 Å². The molecular formula is C27H28ClN5O4. The molecule has 10 heteroatoms. The molecule has 4 rings (SSSR count). The first-order valence-corrected chi connectivity index (χ1v) is 12.3. The van der Waals surface area contributed by atoms with Gasteiger partial charge in [-0.15, -0.1) is 0 Å². The number of allylic oxidation sites excluding steroid dienone is 1. The molecule has 3 aromatic rings. The summed E-state index contributed by atoms with van der Waals surface area (Å²) in [5.74, 6) is -0.354. The fourth-order valence-electron chi connectivity index (χ4n) is 4.01. The first-order chi connectivity index (χ1) is 17.9. The Labute approximate surface area is 219 Å². The van der Waals surface area contributed by atoms with Crippen molar-refractivity contribution in [1.82, 2.24) is 15.3 Å². The number of benzene rings is 2. The molecule has 5 N–H and O–H groups in total. The summed E-state index contributed by atoms with van der Waals surface area (Å²) < 4.78 is 4.76. The summed E-state index contributed by atoms with van der Waals surface area (Å²) >= 11 is 6.57. The molecule has 0 saturated carbocycles. The van der Waals surface area contributed by atoms with Crippen molar-refractivity contribution in [2.75, 3.05) is 12.4 Å². The maximum Gasteiger partial charge on any atom is 0.309 e. The van der Waals surface area contributed by atoms with Gasteiger partial charge in [0.15, 0.2) is 0 Å². The molecule has 2 amide bonds. The van der Waals surface area contributed by atoms with Crippen molar-refractivity contribution >= 4 is 35.1 Å². The summed E-state index contributed by atoms with van der Waals surface area (Å²) in [5, 5.41) is 6.20. The number of ether oxygens (including phenoxy) is 1. The number of nitrogens with two attached hydrogens (primary N) is 1. The van der Waals surface area contributed by atoms with E-state index in [1.807, 2.05) is 24.3 Å². The molecule has 192 valence electrons. The number of rotatable bonds is 5.